The number of rotatable bonds is 1. The van der Waals surface area contributed by atoms with Gasteiger partial charge in [0.25, 0.3) is 0 Å². The highest BCUT2D eigenvalue weighted by molar-refractivity contribution is 8.76. The lowest BCUT2D eigenvalue weighted by Crippen LogP contribution is -2.13. The maximum atomic E-state index is 8.55. The minimum atomic E-state index is 0.558. The average Bonchev–Trinajstić information content (AvgIpc) is 2.71. The molecule has 0 radical (unpaired) electrons. The highest BCUT2D eigenvalue weighted by atomic mass is 33.1. The van der Waals surface area contributed by atoms with Crippen LogP contribution in [0.2, 0.25) is 0 Å². The zero-order chi connectivity index (χ0) is 9.10. The predicted molar refractivity (Wildman–Crippen MR) is 53.8 cm³/mol. The van der Waals surface area contributed by atoms with Gasteiger partial charge in [-0.3, -0.25) is 4.98 Å². The largest absolute Gasteiger partial charge is 0.301 e. The molecule has 0 saturated carbocycles. The fourth-order valence-electron chi connectivity index (χ4n) is 0.832. The molecule has 0 unspecified atom stereocenters. The summed E-state index contributed by atoms with van der Waals surface area (Å²) in [7, 11) is 2.82. The Morgan fingerprint density at radius 1 is 1.46 bits per heavy atom. The third kappa shape index (κ3) is 1.76. The van der Waals surface area contributed by atoms with Crippen molar-refractivity contribution >= 4 is 27.8 Å². The van der Waals surface area contributed by atoms with E-state index in [9.17, 15) is 0 Å². The van der Waals surface area contributed by atoms with Gasteiger partial charge in [0.15, 0.2) is 5.84 Å². The van der Waals surface area contributed by atoms with Gasteiger partial charge in [-0.2, -0.15) is 9.66 Å². The molecule has 2 heterocycles. The summed E-state index contributed by atoms with van der Waals surface area (Å²) in [5.74, 6) is 0.750. The van der Waals surface area contributed by atoms with Crippen LogP contribution in [0.25, 0.3) is 0 Å². The molecule has 0 bridgehead atoms. The topological polar surface area (TPSA) is 61.1 Å². The quantitative estimate of drug-likeness (QED) is 0.560. The molecule has 0 aromatic carbocycles. The second-order valence-electron chi connectivity index (χ2n) is 2.24. The number of aromatic nitrogens is 1. The van der Waals surface area contributed by atoms with Crippen molar-refractivity contribution in [3.63, 3.8) is 0 Å². The molecule has 6 heteroatoms. The highest BCUT2D eigenvalue weighted by Crippen LogP contribution is 2.26. The normalized spacial score (nSPS) is 14.5. The van der Waals surface area contributed by atoms with Crippen molar-refractivity contribution in [2.45, 2.75) is 0 Å². The van der Waals surface area contributed by atoms with Crippen LogP contribution in [0.15, 0.2) is 22.7 Å². The fraction of sp³-hybridized carbons (Fsp3) is 0. The summed E-state index contributed by atoms with van der Waals surface area (Å²) < 4.78 is 7.10. The summed E-state index contributed by atoms with van der Waals surface area (Å²) in [4.78, 5) is 4.09. The Balaban J connectivity index is 2.28. The monoisotopic (exact) mass is 208 g/mol. The van der Waals surface area contributed by atoms with Crippen LogP contribution in [0.4, 0.5) is 0 Å². The SMILES string of the molecule is N#Cc1ccc(C2=NSSN2)nc1. The molecule has 64 valence electrons. The first-order valence-electron chi connectivity index (χ1n) is 3.43. The van der Waals surface area contributed by atoms with E-state index in [2.05, 4.69) is 14.1 Å². The van der Waals surface area contributed by atoms with Crippen molar-refractivity contribution in [3.8, 4) is 6.07 Å². The summed E-state index contributed by atoms with van der Waals surface area (Å²) in [6.07, 6.45) is 1.53. The zero-order valence-electron chi connectivity index (χ0n) is 6.39. The standard InChI is InChI=1S/C7H4N4S2/c8-3-5-1-2-6(9-4-5)7-10-12-13-11-7/h1-2,4H,(H,10,11). The molecule has 1 aromatic heterocycles. The Kier molecular flexibility index (Phi) is 2.38. The molecule has 1 aliphatic rings. The van der Waals surface area contributed by atoms with Gasteiger partial charge in [-0.15, -0.1) is 0 Å². The number of pyridine rings is 1. The Morgan fingerprint density at radius 3 is 2.92 bits per heavy atom. The van der Waals surface area contributed by atoms with Gasteiger partial charge in [-0.25, -0.2) is 0 Å². The van der Waals surface area contributed by atoms with E-state index in [4.69, 9.17) is 5.26 Å². The summed E-state index contributed by atoms with van der Waals surface area (Å²) in [6, 6.07) is 5.51. The summed E-state index contributed by atoms with van der Waals surface area (Å²) in [5.41, 5.74) is 1.32. The van der Waals surface area contributed by atoms with E-state index in [0.717, 1.165) is 11.5 Å². The molecule has 0 spiro atoms. The molecule has 0 fully saturated rings. The van der Waals surface area contributed by atoms with Crippen LogP contribution in [-0.2, 0) is 0 Å². The van der Waals surface area contributed by atoms with E-state index in [1.165, 1.54) is 28.2 Å². The Labute approximate surface area is 83.1 Å². The molecule has 1 aliphatic heterocycles. The van der Waals surface area contributed by atoms with Gasteiger partial charge in [0.1, 0.15) is 11.8 Å². The second-order valence-corrected chi connectivity index (χ2v) is 3.89. The van der Waals surface area contributed by atoms with E-state index in [0.29, 0.717) is 5.56 Å². The molecule has 0 amide bonds. The van der Waals surface area contributed by atoms with Gasteiger partial charge >= 0.3 is 0 Å². The minimum absolute atomic E-state index is 0.558. The second kappa shape index (κ2) is 3.68. The molecular weight excluding hydrogens is 204 g/mol. The molecule has 4 nitrogen and oxygen atoms in total. The van der Waals surface area contributed by atoms with Crippen molar-refractivity contribution < 1.29 is 0 Å². The molecule has 1 N–H and O–H groups in total. The predicted octanol–water partition coefficient (Wildman–Crippen LogP) is 1.51. The lowest BCUT2D eigenvalue weighted by Gasteiger charge is -1.97. The van der Waals surface area contributed by atoms with Gasteiger partial charge < -0.3 is 4.72 Å². The first-order chi connectivity index (χ1) is 6.40. The van der Waals surface area contributed by atoms with Crippen molar-refractivity contribution in [1.29, 1.82) is 5.26 Å². The van der Waals surface area contributed by atoms with E-state index < -0.39 is 0 Å². The van der Waals surface area contributed by atoms with Crippen LogP contribution < -0.4 is 4.72 Å². The lowest BCUT2D eigenvalue weighted by atomic mass is 10.2. The molecule has 13 heavy (non-hydrogen) atoms. The van der Waals surface area contributed by atoms with E-state index in [1.54, 1.807) is 12.1 Å². The third-order valence-corrected chi connectivity index (χ3v) is 2.74. The highest BCUT2D eigenvalue weighted by Gasteiger charge is 2.10. The zero-order valence-corrected chi connectivity index (χ0v) is 8.02. The number of amidine groups is 1. The van der Waals surface area contributed by atoms with Crippen LogP contribution in [0.1, 0.15) is 11.3 Å². The van der Waals surface area contributed by atoms with Crippen molar-refractivity contribution in [2.75, 3.05) is 0 Å². The van der Waals surface area contributed by atoms with Crippen LogP contribution in [0.3, 0.4) is 0 Å². The van der Waals surface area contributed by atoms with Gasteiger partial charge in [0.2, 0.25) is 0 Å². The van der Waals surface area contributed by atoms with Crippen LogP contribution in [0, 0.1) is 11.3 Å². The maximum Gasteiger partial charge on any atom is 0.171 e. The number of nitrogens with zero attached hydrogens (tertiary/aromatic N) is 3. The summed E-state index contributed by atoms with van der Waals surface area (Å²) in [6.45, 7) is 0. The molecule has 0 aliphatic carbocycles. The maximum absolute atomic E-state index is 8.55. The molecule has 0 saturated heterocycles. The van der Waals surface area contributed by atoms with E-state index in [1.807, 2.05) is 6.07 Å². The van der Waals surface area contributed by atoms with Gasteiger partial charge in [0.05, 0.1) is 16.5 Å². The van der Waals surface area contributed by atoms with Crippen molar-refractivity contribution in [2.24, 2.45) is 4.40 Å². The van der Waals surface area contributed by atoms with E-state index in [-0.39, 0.29) is 0 Å². The molecular formula is C7H4N4S2. The minimum Gasteiger partial charge on any atom is -0.301 e. The first kappa shape index (κ1) is 8.41. The smallest absolute Gasteiger partial charge is 0.171 e. The number of nitrogens with one attached hydrogen (secondary N) is 1. The van der Waals surface area contributed by atoms with Crippen LogP contribution in [-0.4, -0.2) is 10.8 Å². The average molecular weight is 208 g/mol. The lowest BCUT2D eigenvalue weighted by molar-refractivity contribution is 1.25. The number of nitriles is 1. The Morgan fingerprint density at radius 2 is 2.38 bits per heavy atom. The van der Waals surface area contributed by atoms with Crippen molar-refractivity contribution in [1.82, 2.24) is 9.71 Å². The van der Waals surface area contributed by atoms with Crippen molar-refractivity contribution in [3.05, 3.63) is 29.6 Å². The summed E-state index contributed by atoms with van der Waals surface area (Å²) in [5, 5.41) is 8.55. The third-order valence-electron chi connectivity index (χ3n) is 1.44. The van der Waals surface area contributed by atoms with Gasteiger partial charge in [-0.05, 0) is 12.1 Å². The Hall–Kier alpha value is -1.19. The molecule has 2 rings (SSSR count). The number of hydrogen-bond acceptors (Lipinski definition) is 6. The summed E-state index contributed by atoms with van der Waals surface area (Å²) >= 11 is 0. The molecule has 1 aromatic rings. The Bertz CT molecular complexity index is 378. The fourth-order valence-corrected chi connectivity index (χ4v) is 2.09. The van der Waals surface area contributed by atoms with Crippen LogP contribution in [0.5, 0.6) is 0 Å². The molecule has 0 atom stereocenters. The van der Waals surface area contributed by atoms with Gasteiger partial charge in [0, 0.05) is 17.2 Å². The van der Waals surface area contributed by atoms with Crippen LogP contribution >= 0.6 is 22.0 Å². The first-order valence-corrected chi connectivity index (χ1v) is 5.54. The number of hydrogen-bond donors (Lipinski definition) is 1. The van der Waals surface area contributed by atoms with Gasteiger partial charge in [-0.1, -0.05) is 0 Å². The van der Waals surface area contributed by atoms with E-state index >= 15 is 0 Å².